The van der Waals surface area contributed by atoms with Gasteiger partial charge < -0.3 is 15.2 Å². The van der Waals surface area contributed by atoms with Gasteiger partial charge in [-0.1, -0.05) is 30.3 Å². The molecule has 4 aliphatic heterocycles. The van der Waals surface area contributed by atoms with Gasteiger partial charge in [-0.2, -0.15) is 0 Å². The van der Waals surface area contributed by atoms with Crippen LogP contribution in [0.4, 0.5) is 5.69 Å². The minimum Gasteiger partial charge on any atom is -0.508 e. The molecule has 3 N–H and O–H groups in total. The summed E-state index contributed by atoms with van der Waals surface area (Å²) in [7, 11) is 0. The van der Waals surface area contributed by atoms with Crippen LogP contribution in [0.15, 0.2) is 48.5 Å². The summed E-state index contributed by atoms with van der Waals surface area (Å²) in [6.45, 7) is 0.869. The van der Waals surface area contributed by atoms with Crippen molar-refractivity contribution in [2.24, 2.45) is 11.8 Å². The van der Waals surface area contributed by atoms with Gasteiger partial charge in [0.1, 0.15) is 11.3 Å². The summed E-state index contributed by atoms with van der Waals surface area (Å²) in [5, 5.41) is 16.0. The molecule has 5 atom stereocenters. The van der Waals surface area contributed by atoms with Gasteiger partial charge in [-0.05, 0) is 43.0 Å². The molecule has 8 heteroatoms. The maximum atomic E-state index is 13.7. The average Bonchev–Trinajstić information content (AvgIpc) is 3.55. The third kappa shape index (κ3) is 2.94. The van der Waals surface area contributed by atoms with E-state index in [2.05, 4.69) is 10.6 Å². The molecule has 1 spiro atoms. The Labute approximate surface area is 190 Å². The van der Waals surface area contributed by atoms with E-state index in [1.54, 1.807) is 24.3 Å². The van der Waals surface area contributed by atoms with Crippen molar-refractivity contribution in [2.45, 2.75) is 36.9 Å². The van der Waals surface area contributed by atoms with Gasteiger partial charge in [-0.3, -0.25) is 24.6 Å². The van der Waals surface area contributed by atoms with E-state index in [1.807, 2.05) is 24.3 Å². The SMILES string of the molecule is O=C1[C@H]2[C@H](Cc3ccc(O)cc3)N[C@@]3(C(=O)Nc4ccccc43)[C@H]2C(=O)N1C[C@@H]1CCCO1. The molecule has 170 valence electrons. The molecule has 6 rings (SSSR count). The zero-order chi connectivity index (χ0) is 22.7. The van der Waals surface area contributed by atoms with E-state index >= 15 is 0 Å². The van der Waals surface area contributed by atoms with E-state index in [-0.39, 0.29) is 36.1 Å². The van der Waals surface area contributed by atoms with Crippen LogP contribution in [0.1, 0.15) is 24.0 Å². The minimum absolute atomic E-state index is 0.152. The molecule has 0 bridgehead atoms. The molecule has 4 aliphatic rings. The van der Waals surface area contributed by atoms with Crippen molar-refractivity contribution in [1.29, 1.82) is 0 Å². The highest BCUT2D eigenvalue weighted by molar-refractivity contribution is 6.15. The minimum atomic E-state index is -1.29. The van der Waals surface area contributed by atoms with Gasteiger partial charge in [0.15, 0.2) is 0 Å². The Balaban J connectivity index is 1.42. The molecule has 0 aliphatic carbocycles. The van der Waals surface area contributed by atoms with E-state index in [0.29, 0.717) is 24.3 Å². The van der Waals surface area contributed by atoms with Crippen LogP contribution in [-0.4, -0.2) is 53.0 Å². The number of para-hydroxylation sites is 1. The normalized spacial score (nSPS) is 32.5. The molecule has 0 aromatic heterocycles. The van der Waals surface area contributed by atoms with E-state index in [4.69, 9.17) is 4.74 Å². The number of aromatic hydroxyl groups is 1. The fourth-order valence-electron chi connectivity index (χ4n) is 6.05. The second-order valence-corrected chi connectivity index (χ2v) is 9.35. The number of amides is 3. The number of phenols is 1. The molecular formula is C25H25N3O5. The Morgan fingerprint density at radius 1 is 1.06 bits per heavy atom. The second-order valence-electron chi connectivity index (χ2n) is 9.35. The molecule has 0 saturated carbocycles. The summed E-state index contributed by atoms with van der Waals surface area (Å²) in [5.74, 6) is -2.18. The molecule has 2 aromatic rings. The van der Waals surface area contributed by atoms with Crippen LogP contribution in [0, 0.1) is 11.8 Å². The lowest BCUT2D eigenvalue weighted by molar-refractivity contribution is -0.144. The molecule has 0 radical (unpaired) electrons. The maximum absolute atomic E-state index is 13.7. The second kappa shape index (κ2) is 7.40. The van der Waals surface area contributed by atoms with Crippen LogP contribution in [0.25, 0.3) is 0 Å². The van der Waals surface area contributed by atoms with E-state index < -0.39 is 23.4 Å². The summed E-state index contributed by atoms with van der Waals surface area (Å²) in [4.78, 5) is 42.1. The van der Waals surface area contributed by atoms with Crippen molar-refractivity contribution in [2.75, 3.05) is 18.5 Å². The van der Waals surface area contributed by atoms with Crippen molar-refractivity contribution in [3.8, 4) is 5.75 Å². The first-order valence-electron chi connectivity index (χ1n) is 11.4. The molecule has 8 nitrogen and oxygen atoms in total. The summed E-state index contributed by atoms with van der Waals surface area (Å²) in [6.07, 6.45) is 2.03. The van der Waals surface area contributed by atoms with Crippen LogP contribution >= 0.6 is 0 Å². The van der Waals surface area contributed by atoms with Crippen LogP contribution in [0.5, 0.6) is 5.75 Å². The summed E-state index contributed by atoms with van der Waals surface area (Å²) < 4.78 is 5.70. The third-order valence-corrected chi connectivity index (χ3v) is 7.52. The van der Waals surface area contributed by atoms with Crippen molar-refractivity contribution in [3.05, 3.63) is 59.7 Å². The van der Waals surface area contributed by atoms with Crippen LogP contribution < -0.4 is 10.6 Å². The molecule has 33 heavy (non-hydrogen) atoms. The molecule has 3 fully saturated rings. The number of carbonyl (C=O) groups excluding carboxylic acids is 3. The van der Waals surface area contributed by atoms with Gasteiger partial charge in [0.2, 0.25) is 17.7 Å². The molecular weight excluding hydrogens is 422 g/mol. The Bertz CT molecular complexity index is 1140. The third-order valence-electron chi connectivity index (χ3n) is 7.52. The van der Waals surface area contributed by atoms with Gasteiger partial charge in [0.25, 0.3) is 0 Å². The number of rotatable bonds is 4. The quantitative estimate of drug-likeness (QED) is 0.614. The lowest BCUT2D eigenvalue weighted by Crippen LogP contribution is -2.54. The largest absolute Gasteiger partial charge is 0.508 e. The predicted molar refractivity (Wildman–Crippen MR) is 118 cm³/mol. The Hall–Kier alpha value is -3.23. The van der Waals surface area contributed by atoms with Crippen LogP contribution in [0.3, 0.4) is 0 Å². The number of likely N-dealkylation sites (tertiary alicyclic amines) is 1. The van der Waals surface area contributed by atoms with Gasteiger partial charge in [0, 0.05) is 23.9 Å². The summed E-state index contributed by atoms with van der Waals surface area (Å²) in [6, 6.07) is 13.7. The van der Waals surface area contributed by atoms with E-state index in [9.17, 15) is 19.5 Å². The van der Waals surface area contributed by atoms with Gasteiger partial charge in [0.05, 0.1) is 24.5 Å². The van der Waals surface area contributed by atoms with Crippen LogP contribution in [-0.2, 0) is 31.1 Å². The zero-order valence-corrected chi connectivity index (χ0v) is 18.0. The van der Waals surface area contributed by atoms with Crippen LogP contribution in [0.2, 0.25) is 0 Å². The first kappa shape index (κ1) is 20.4. The molecule has 3 saturated heterocycles. The molecule has 2 aromatic carbocycles. The highest BCUT2D eigenvalue weighted by Gasteiger charge is 2.70. The fourth-order valence-corrected chi connectivity index (χ4v) is 6.05. The number of benzene rings is 2. The molecule has 4 heterocycles. The van der Waals surface area contributed by atoms with Gasteiger partial charge in [-0.15, -0.1) is 0 Å². The van der Waals surface area contributed by atoms with Crippen molar-refractivity contribution in [1.82, 2.24) is 10.2 Å². The number of anilines is 1. The number of nitrogens with zero attached hydrogens (tertiary/aromatic N) is 1. The number of ether oxygens (including phenoxy) is 1. The maximum Gasteiger partial charge on any atom is 0.250 e. The Morgan fingerprint density at radius 2 is 1.85 bits per heavy atom. The summed E-state index contributed by atoms with van der Waals surface area (Å²) in [5.41, 5.74) is 0.988. The first-order valence-corrected chi connectivity index (χ1v) is 11.4. The standard InChI is InChI=1S/C25H25N3O5/c29-15-9-7-14(8-10-15)12-19-20-21(23(31)28(22(20)30)13-16-4-3-11-33-16)25(27-19)17-5-1-2-6-18(17)26-24(25)32/h1-2,5-10,16,19-21,27,29H,3-4,11-13H2,(H,26,32)/t16-,19-,20-,21+,25+/m0/s1. The lowest BCUT2D eigenvalue weighted by Gasteiger charge is -2.30. The van der Waals surface area contributed by atoms with Gasteiger partial charge in [-0.25, -0.2) is 0 Å². The van der Waals surface area contributed by atoms with E-state index in [1.165, 1.54) is 4.90 Å². The number of nitrogens with one attached hydrogen (secondary N) is 2. The monoisotopic (exact) mass is 447 g/mol. The van der Waals surface area contributed by atoms with E-state index in [0.717, 1.165) is 18.4 Å². The highest BCUT2D eigenvalue weighted by atomic mass is 16.5. The predicted octanol–water partition coefficient (Wildman–Crippen LogP) is 1.53. The fraction of sp³-hybridized carbons (Fsp3) is 0.400. The number of fused-ring (bicyclic) bond motifs is 4. The topological polar surface area (TPSA) is 108 Å². The van der Waals surface area contributed by atoms with Crippen molar-refractivity contribution in [3.63, 3.8) is 0 Å². The first-order chi connectivity index (χ1) is 16.0. The molecule has 3 amide bonds. The number of hydrogen-bond donors (Lipinski definition) is 3. The van der Waals surface area contributed by atoms with Crippen molar-refractivity contribution < 1.29 is 24.2 Å². The zero-order valence-electron chi connectivity index (χ0n) is 18.0. The number of imide groups is 1. The average molecular weight is 447 g/mol. The Morgan fingerprint density at radius 3 is 2.61 bits per heavy atom. The highest BCUT2D eigenvalue weighted by Crippen LogP contribution is 2.53. The lowest BCUT2D eigenvalue weighted by atomic mass is 9.76. The smallest absolute Gasteiger partial charge is 0.250 e. The number of hydrogen-bond acceptors (Lipinski definition) is 6. The number of phenolic OH excluding ortho intramolecular Hbond substituents is 1. The number of carbonyl (C=O) groups is 3. The van der Waals surface area contributed by atoms with Crippen molar-refractivity contribution >= 4 is 23.4 Å². The molecule has 0 unspecified atom stereocenters. The Kier molecular flexibility index (Phi) is 4.57. The summed E-state index contributed by atoms with van der Waals surface area (Å²) >= 11 is 0. The van der Waals surface area contributed by atoms with Gasteiger partial charge >= 0.3 is 0 Å².